The standard InChI is InChI=1S/C18H8Br2N8/c19-13-5-15(25-7-21)11(3-17(13)27-9-23)1-2-12-4-18(28-10-24)14(20)6-16(12)26-8-22/h3-6H,1-2H2. The molecule has 0 N–H and O–H groups in total. The van der Waals surface area contributed by atoms with Crippen LogP contribution >= 0.6 is 31.9 Å². The van der Waals surface area contributed by atoms with Gasteiger partial charge in [0.15, 0.2) is 0 Å². The summed E-state index contributed by atoms with van der Waals surface area (Å²) in [5.74, 6) is 0. The van der Waals surface area contributed by atoms with Crippen LogP contribution in [0.1, 0.15) is 12.8 Å². The van der Waals surface area contributed by atoms with Crippen LogP contribution in [-0.2, 0) is 0 Å². The average molecular weight is 496 g/mol. The first-order valence-electron chi connectivity index (χ1n) is 7.58. The maximum atomic E-state index is 8.93. The first kappa shape index (κ1) is 20.9. The Morgan fingerprint density at radius 1 is 0.571 bits per heavy atom. The summed E-state index contributed by atoms with van der Waals surface area (Å²) in [4.78, 5) is 15.1. The van der Waals surface area contributed by atoms with Crippen LogP contribution in [0.25, 0.3) is 0 Å². The van der Waals surface area contributed by atoms with Crippen LogP contribution in [0.3, 0.4) is 0 Å². The Balaban J connectivity index is 2.37. The maximum absolute atomic E-state index is 8.93. The topological polar surface area (TPSA) is 145 Å². The van der Waals surface area contributed by atoms with Crippen LogP contribution in [0.15, 0.2) is 64.4 Å². The highest BCUT2D eigenvalue weighted by Gasteiger charge is 2.20. The predicted octanol–water partition coefficient (Wildman–Crippen LogP) is 3.89. The van der Waals surface area contributed by atoms with Crippen LogP contribution in [0, 0.1) is 45.8 Å². The van der Waals surface area contributed by atoms with Gasteiger partial charge < -0.3 is 0 Å². The Morgan fingerprint density at radius 3 is 1.21 bits per heavy atom. The van der Waals surface area contributed by atoms with Crippen molar-refractivity contribution in [2.45, 2.75) is 12.8 Å². The van der Waals surface area contributed by atoms with Gasteiger partial charge in [-0.3, -0.25) is 0 Å². The van der Waals surface area contributed by atoms with Gasteiger partial charge in [0.1, 0.15) is 0 Å². The fraction of sp³-hybridized carbons (Fsp3) is 0.111. The molecule has 0 heterocycles. The molecule has 0 amide bonds. The molecule has 0 radical (unpaired) electrons. The first-order chi connectivity index (χ1) is 13.5. The molecule has 2 aliphatic rings. The highest BCUT2D eigenvalue weighted by Crippen LogP contribution is 2.26. The summed E-state index contributed by atoms with van der Waals surface area (Å²) >= 11 is 6.60. The van der Waals surface area contributed by atoms with E-state index < -0.39 is 0 Å². The molecule has 0 saturated heterocycles. The van der Waals surface area contributed by atoms with Gasteiger partial charge in [-0.05, 0) is 80.2 Å². The van der Waals surface area contributed by atoms with Crippen LogP contribution in [0.5, 0.6) is 0 Å². The normalized spacial score (nSPS) is 21.8. The molecule has 0 spiro atoms. The molecule has 0 aromatic heterocycles. The minimum absolute atomic E-state index is 0.423. The van der Waals surface area contributed by atoms with Gasteiger partial charge in [-0.25, -0.2) is 0 Å². The first-order valence-corrected chi connectivity index (χ1v) is 9.16. The zero-order valence-electron chi connectivity index (χ0n) is 14.1. The zero-order chi connectivity index (χ0) is 20.5. The summed E-state index contributed by atoms with van der Waals surface area (Å²) < 4.78 is 1.09. The molecule has 0 fully saturated rings. The van der Waals surface area contributed by atoms with Crippen molar-refractivity contribution in [3.63, 3.8) is 0 Å². The summed E-state index contributed by atoms with van der Waals surface area (Å²) in [6, 6.07) is 0. The third-order valence-electron chi connectivity index (χ3n) is 3.64. The third kappa shape index (κ3) is 5.05. The van der Waals surface area contributed by atoms with E-state index in [0.29, 0.717) is 55.8 Å². The Bertz CT molecular complexity index is 1030. The van der Waals surface area contributed by atoms with E-state index >= 15 is 0 Å². The van der Waals surface area contributed by atoms with Gasteiger partial charge in [-0.15, -0.1) is 0 Å². The van der Waals surface area contributed by atoms with Crippen molar-refractivity contribution in [3.8, 4) is 24.8 Å². The molecule has 28 heavy (non-hydrogen) atoms. The van der Waals surface area contributed by atoms with Gasteiger partial charge in [0.2, 0.25) is 24.8 Å². The Hall–Kier alpha value is -3.44. The summed E-state index contributed by atoms with van der Waals surface area (Å²) in [6.45, 7) is 0. The highest BCUT2D eigenvalue weighted by molar-refractivity contribution is 9.12. The van der Waals surface area contributed by atoms with Gasteiger partial charge in [0, 0.05) is 8.96 Å². The average Bonchev–Trinajstić information content (AvgIpc) is 2.66. The number of hydrogen-bond acceptors (Lipinski definition) is 8. The van der Waals surface area contributed by atoms with Gasteiger partial charge >= 0.3 is 0 Å². The fourth-order valence-corrected chi connectivity index (χ4v) is 3.29. The Morgan fingerprint density at radius 2 is 0.893 bits per heavy atom. The fourth-order valence-electron chi connectivity index (χ4n) is 2.45. The van der Waals surface area contributed by atoms with Crippen LogP contribution < -0.4 is 0 Å². The molecule has 0 atom stereocenters. The van der Waals surface area contributed by atoms with E-state index in [1.807, 2.05) is 0 Å². The quantitative estimate of drug-likeness (QED) is 0.431. The molecule has 0 aromatic carbocycles. The van der Waals surface area contributed by atoms with E-state index in [4.69, 9.17) is 21.0 Å². The molecule has 134 valence electrons. The van der Waals surface area contributed by atoms with Gasteiger partial charge in [0.05, 0.1) is 22.8 Å². The molecule has 0 saturated carbocycles. The number of allylic oxidation sites excluding steroid dienone is 8. The van der Waals surface area contributed by atoms with Crippen molar-refractivity contribution in [2.75, 3.05) is 0 Å². The summed E-state index contributed by atoms with van der Waals surface area (Å²) in [6.07, 6.45) is 14.4. The third-order valence-corrected chi connectivity index (χ3v) is 4.91. The van der Waals surface area contributed by atoms with E-state index in [0.717, 1.165) is 0 Å². The Labute approximate surface area is 177 Å². The lowest BCUT2D eigenvalue weighted by molar-refractivity contribution is 0.994. The number of hydrogen-bond donors (Lipinski definition) is 0. The van der Waals surface area contributed by atoms with E-state index in [1.54, 1.807) is 49.1 Å². The van der Waals surface area contributed by atoms with Crippen molar-refractivity contribution >= 4 is 54.7 Å². The molecular weight excluding hydrogens is 488 g/mol. The number of aliphatic imine (C=N–C) groups is 4. The number of rotatable bonds is 3. The minimum Gasteiger partial charge on any atom is -0.173 e. The lowest BCUT2D eigenvalue weighted by Crippen LogP contribution is -2.14. The molecule has 2 rings (SSSR count). The van der Waals surface area contributed by atoms with E-state index in [1.165, 1.54) is 0 Å². The smallest absolute Gasteiger partial charge is 0.173 e. The SMILES string of the molecule is N#CN=C1C=C(CCC2=CC(=NC#N)C(Br)=CC2=NC#N)C(=NC#N)C=C1Br. The lowest BCUT2D eigenvalue weighted by atomic mass is 9.92. The molecule has 10 heteroatoms. The van der Waals surface area contributed by atoms with Gasteiger partial charge in [-0.1, -0.05) is 0 Å². The molecule has 0 bridgehead atoms. The predicted molar refractivity (Wildman–Crippen MR) is 112 cm³/mol. The van der Waals surface area contributed by atoms with Crippen LogP contribution in [-0.4, -0.2) is 22.8 Å². The highest BCUT2D eigenvalue weighted by atomic mass is 79.9. The largest absolute Gasteiger partial charge is 0.206 e. The van der Waals surface area contributed by atoms with Crippen molar-refractivity contribution in [1.29, 1.82) is 21.0 Å². The molecule has 0 unspecified atom stereocenters. The van der Waals surface area contributed by atoms with Crippen molar-refractivity contribution < 1.29 is 0 Å². The molecular formula is C18H8Br2N8. The van der Waals surface area contributed by atoms with E-state index in [-0.39, 0.29) is 0 Å². The zero-order valence-corrected chi connectivity index (χ0v) is 17.2. The van der Waals surface area contributed by atoms with Crippen LogP contribution in [0.4, 0.5) is 0 Å². The molecule has 2 aliphatic carbocycles. The summed E-state index contributed by atoms with van der Waals surface area (Å²) in [7, 11) is 0. The number of halogens is 2. The molecule has 8 nitrogen and oxygen atoms in total. The second kappa shape index (κ2) is 10.0. The number of nitriles is 4. The molecule has 0 aromatic rings. The molecule has 0 aliphatic heterocycles. The van der Waals surface area contributed by atoms with Crippen molar-refractivity contribution in [1.82, 2.24) is 0 Å². The Kier molecular flexibility index (Phi) is 7.48. The van der Waals surface area contributed by atoms with Gasteiger partial charge in [0.25, 0.3) is 0 Å². The van der Waals surface area contributed by atoms with Gasteiger partial charge in [-0.2, -0.15) is 41.0 Å². The van der Waals surface area contributed by atoms with E-state index in [9.17, 15) is 0 Å². The van der Waals surface area contributed by atoms with Crippen LogP contribution in [0.2, 0.25) is 0 Å². The lowest BCUT2D eigenvalue weighted by Gasteiger charge is -2.16. The van der Waals surface area contributed by atoms with Crippen molar-refractivity contribution in [2.24, 2.45) is 20.0 Å². The maximum Gasteiger partial charge on any atom is 0.206 e. The minimum atomic E-state index is 0.423. The monoisotopic (exact) mass is 494 g/mol. The number of nitrogens with zero attached hydrogens (tertiary/aromatic N) is 8. The summed E-state index contributed by atoms with van der Waals surface area (Å²) in [5.41, 5.74) is 3.14. The summed E-state index contributed by atoms with van der Waals surface area (Å²) in [5, 5.41) is 35.5. The second-order valence-corrected chi connectivity index (χ2v) is 6.92. The second-order valence-electron chi connectivity index (χ2n) is 5.21. The van der Waals surface area contributed by atoms with E-state index in [2.05, 4.69) is 51.8 Å². The van der Waals surface area contributed by atoms with Crippen molar-refractivity contribution in [3.05, 3.63) is 44.4 Å².